The summed E-state index contributed by atoms with van der Waals surface area (Å²) in [4.78, 5) is 31.8. The van der Waals surface area contributed by atoms with E-state index >= 15 is 0 Å². The second-order valence-corrected chi connectivity index (χ2v) is 9.90. The molecule has 0 aromatic carbocycles. The summed E-state index contributed by atoms with van der Waals surface area (Å²) < 4.78 is 80.2. The zero-order valence-corrected chi connectivity index (χ0v) is 19.7. The van der Waals surface area contributed by atoms with Gasteiger partial charge in [0.1, 0.15) is 11.2 Å². The van der Waals surface area contributed by atoms with Crippen molar-refractivity contribution in [3.8, 4) is 0 Å². The molecule has 2 unspecified atom stereocenters. The van der Waals surface area contributed by atoms with Crippen LogP contribution in [-0.2, 0) is 9.59 Å². The number of rotatable bonds is 6. The van der Waals surface area contributed by atoms with E-state index in [2.05, 4.69) is 4.99 Å². The number of aliphatic imine (C=N–C) groups is 1. The van der Waals surface area contributed by atoms with Crippen LogP contribution >= 0.6 is 0 Å². The van der Waals surface area contributed by atoms with E-state index in [1.165, 1.54) is 4.90 Å². The summed E-state index contributed by atoms with van der Waals surface area (Å²) in [5, 5.41) is 9.84. The molecule has 3 aliphatic rings. The number of likely N-dealkylation sites (tertiary alicyclic amines) is 2. The largest absolute Gasteiger partial charge is 0.404 e. The highest BCUT2D eigenvalue weighted by Gasteiger charge is 2.61. The summed E-state index contributed by atoms with van der Waals surface area (Å²) >= 11 is 0. The number of carbonyl (C=O) groups is 2. The fourth-order valence-corrected chi connectivity index (χ4v) is 4.60. The van der Waals surface area contributed by atoms with Crippen molar-refractivity contribution in [2.45, 2.75) is 32.4 Å². The van der Waals surface area contributed by atoms with Crippen LogP contribution in [0.5, 0.6) is 0 Å². The number of carbonyl (C=O) groups excluding carboxylic acids is 2. The van der Waals surface area contributed by atoms with Crippen LogP contribution in [0.3, 0.4) is 0 Å². The number of allylic oxidation sites excluding steroid dienone is 2. The molecule has 0 aromatic heterocycles. The van der Waals surface area contributed by atoms with Gasteiger partial charge in [-0.15, -0.1) is 0 Å². The van der Waals surface area contributed by atoms with Crippen LogP contribution in [0.2, 0.25) is 0 Å². The monoisotopic (exact) mass is 522 g/mol. The minimum Gasteiger partial charge on any atom is -0.404 e. The van der Waals surface area contributed by atoms with Crippen molar-refractivity contribution >= 4 is 18.0 Å². The number of amides is 2. The maximum Gasteiger partial charge on any atom is 0.402 e. The molecule has 1 aliphatic carbocycles. The van der Waals surface area contributed by atoms with Gasteiger partial charge in [0.2, 0.25) is 5.91 Å². The Hall–Kier alpha value is -2.83. The Balaban J connectivity index is 1.65. The van der Waals surface area contributed by atoms with Gasteiger partial charge in [-0.2, -0.15) is 13.2 Å². The summed E-state index contributed by atoms with van der Waals surface area (Å²) in [5.41, 5.74) is 1.93. The van der Waals surface area contributed by atoms with Gasteiger partial charge in [0.15, 0.2) is 12.3 Å². The number of nitrogens with two attached hydrogens (primary N) is 1. The summed E-state index contributed by atoms with van der Waals surface area (Å²) in [6.45, 7) is 0.962. The molecular weight excluding hydrogens is 494 g/mol. The van der Waals surface area contributed by atoms with E-state index in [0.29, 0.717) is 6.08 Å². The van der Waals surface area contributed by atoms with Crippen LogP contribution < -0.4 is 5.73 Å². The highest BCUT2D eigenvalue weighted by atomic mass is 19.4. The third kappa shape index (κ3) is 5.02. The first-order valence-corrected chi connectivity index (χ1v) is 11.2. The zero-order chi connectivity index (χ0) is 27.1. The number of aliphatic hydroxyl groups excluding tert-OH is 1. The van der Waals surface area contributed by atoms with Crippen molar-refractivity contribution in [2.75, 3.05) is 39.3 Å². The predicted molar refractivity (Wildman–Crippen MR) is 119 cm³/mol. The summed E-state index contributed by atoms with van der Waals surface area (Å²) in [6.07, 6.45) is -5.53. The van der Waals surface area contributed by atoms with E-state index in [4.69, 9.17) is 5.73 Å². The molecule has 1 spiro atoms. The maximum absolute atomic E-state index is 13.8. The quantitative estimate of drug-likeness (QED) is 0.318. The molecule has 3 atom stereocenters. The Bertz CT molecular complexity index is 1010. The van der Waals surface area contributed by atoms with E-state index < -0.39 is 52.9 Å². The molecule has 2 amide bonds. The van der Waals surface area contributed by atoms with Gasteiger partial charge in [-0.3, -0.25) is 14.6 Å². The molecule has 2 fully saturated rings. The number of halogens is 6. The van der Waals surface area contributed by atoms with Gasteiger partial charge in [0.05, 0.1) is 12.1 Å². The Labute approximate surface area is 204 Å². The summed E-state index contributed by atoms with van der Waals surface area (Å²) in [7, 11) is 0. The predicted octanol–water partition coefficient (Wildman–Crippen LogP) is 2.24. The van der Waals surface area contributed by atoms with Gasteiger partial charge in [0.25, 0.3) is 5.91 Å². The molecule has 0 saturated carbocycles. The first kappa shape index (κ1) is 27.8. The third-order valence-corrected chi connectivity index (χ3v) is 7.06. The Morgan fingerprint density at radius 1 is 1.17 bits per heavy atom. The lowest BCUT2D eigenvalue weighted by atomic mass is 9.71. The van der Waals surface area contributed by atoms with Gasteiger partial charge in [-0.05, 0) is 26.0 Å². The van der Waals surface area contributed by atoms with E-state index in [1.807, 2.05) is 0 Å². The average Bonchev–Trinajstić information content (AvgIpc) is 3.17. The molecule has 200 valence electrons. The molecule has 3 N–H and O–H groups in total. The molecule has 36 heavy (non-hydrogen) atoms. The van der Waals surface area contributed by atoms with Crippen molar-refractivity contribution in [1.82, 2.24) is 9.80 Å². The highest BCUT2D eigenvalue weighted by molar-refractivity contribution is 6.12. The van der Waals surface area contributed by atoms with E-state index in [0.717, 1.165) is 37.2 Å². The summed E-state index contributed by atoms with van der Waals surface area (Å²) in [5.74, 6) is -3.09. The Morgan fingerprint density at radius 3 is 2.31 bits per heavy atom. The van der Waals surface area contributed by atoms with Crippen LogP contribution in [0.25, 0.3) is 0 Å². The summed E-state index contributed by atoms with van der Waals surface area (Å²) in [6, 6.07) is 0. The molecule has 0 aromatic rings. The van der Waals surface area contributed by atoms with Crippen molar-refractivity contribution in [1.29, 1.82) is 0 Å². The van der Waals surface area contributed by atoms with E-state index in [9.17, 15) is 41.0 Å². The smallest absolute Gasteiger partial charge is 0.402 e. The number of hydrogen-bond donors (Lipinski definition) is 2. The zero-order valence-electron chi connectivity index (χ0n) is 19.7. The molecule has 2 aliphatic heterocycles. The lowest BCUT2D eigenvalue weighted by molar-refractivity contribution is -0.223. The molecular formula is C23H28F6N4O3. The third-order valence-electron chi connectivity index (χ3n) is 7.06. The Morgan fingerprint density at radius 2 is 1.75 bits per heavy atom. The van der Waals surface area contributed by atoms with Crippen LogP contribution in [0.15, 0.2) is 40.3 Å². The number of nitrogens with zero attached hydrogens (tertiary/aromatic N) is 3. The SMILES string of the molecule is CC(C)(C(=O)N1CC2(CN(C(=O)C(C=NCC3=CC(F)C(F)C=C3F)=CN)C[C@H]2CO)C1)C(F)(F)F. The van der Waals surface area contributed by atoms with Gasteiger partial charge in [0, 0.05) is 62.1 Å². The van der Waals surface area contributed by atoms with E-state index in [-0.39, 0.29) is 50.5 Å². The average molecular weight is 522 g/mol. The van der Waals surface area contributed by atoms with Crippen molar-refractivity contribution in [3.05, 3.63) is 35.3 Å². The van der Waals surface area contributed by atoms with Crippen LogP contribution in [0, 0.1) is 16.7 Å². The van der Waals surface area contributed by atoms with Gasteiger partial charge in [-0.1, -0.05) is 0 Å². The van der Waals surface area contributed by atoms with Crippen molar-refractivity contribution in [3.63, 3.8) is 0 Å². The number of alkyl halides is 5. The van der Waals surface area contributed by atoms with Gasteiger partial charge < -0.3 is 20.6 Å². The molecule has 2 heterocycles. The first-order chi connectivity index (χ1) is 16.7. The van der Waals surface area contributed by atoms with Gasteiger partial charge in [-0.25, -0.2) is 13.2 Å². The van der Waals surface area contributed by atoms with Crippen molar-refractivity contribution < 1.29 is 41.0 Å². The number of aliphatic hydroxyl groups is 1. The molecule has 2 saturated heterocycles. The molecule has 0 radical (unpaired) electrons. The van der Waals surface area contributed by atoms with Crippen LogP contribution in [0.1, 0.15) is 13.8 Å². The Kier molecular flexibility index (Phi) is 7.64. The first-order valence-electron chi connectivity index (χ1n) is 11.2. The minimum atomic E-state index is -4.73. The normalized spacial score (nSPS) is 26.8. The van der Waals surface area contributed by atoms with Crippen LogP contribution in [0.4, 0.5) is 26.3 Å². The highest BCUT2D eigenvalue weighted by Crippen LogP contribution is 2.47. The minimum absolute atomic E-state index is 0.0458. The fourth-order valence-electron chi connectivity index (χ4n) is 4.60. The fraction of sp³-hybridized carbons (Fsp3) is 0.609. The molecule has 13 heteroatoms. The topological polar surface area (TPSA) is 99.2 Å². The lowest BCUT2D eigenvalue weighted by Crippen LogP contribution is -2.66. The number of hydrogen-bond acceptors (Lipinski definition) is 5. The molecule has 7 nitrogen and oxygen atoms in total. The van der Waals surface area contributed by atoms with Crippen molar-refractivity contribution in [2.24, 2.45) is 27.5 Å². The maximum atomic E-state index is 13.8. The second-order valence-electron chi connectivity index (χ2n) is 9.90. The lowest BCUT2D eigenvalue weighted by Gasteiger charge is -2.52. The van der Waals surface area contributed by atoms with E-state index in [1.54, 1.807) is 0 Å². The molecule has 3 rings (SSSR count). The standard InChI is InChI=1S/C23H28F6N4O3/c1-21(2,23(27,28)29)20(36)33-11-22(12-33)10-32(8-15(22)9-34)19(35)14(5-30)7-31-6-13-3-17(25)18(26)4-16(13)24/h3-5,7,15,17-18,34H,6,8-12,30H2,1-2H3/t15-,17?,18?/m0/s1. The van der Waals surface area contributed by atoms with Crippen LogP contribution in [-0.4, -0.2) is 90.8 Å². The second kappa shape index (κ2) is 9.91. The molecule has 0 bridgehead atoms. The van der Waals surface area contributed by atoms with Gasteiger partial charge >= 0.3 is 6.18 Å².